The predicted molar refractivity (Wildman–Crippen MR) is 305 cm³/mol. The van der Waals surface area contributed by atoms with Crippen LogP contribution in [0.1, 0.15) is 44.5 Å². The Hall–Kier alpha value is -7.80. The Labute approximate surface area is 428 Å². The van der Waals surface area contributed by atoms with Crippen LogP contribution in [0.5, 0.6) is 0 Å². The first-order valence-electron chi connectivity index (χ1n) is 24.1. The standard InChI is InChI=1S/C33H22BrNS.C33H21NS/c34-27-19-9-10-20-28(27)35-29-21-11-17-25-30-32(36-31(25)29)24-16-7-8-18-26(24)33(30,22-12-3-1-4-13-22)23-14-5-2-6-15-23;1-3-11-21(12-4-1)33(22-13-5-2-6-14-22)27-17-9-7-16-25(27)31-29(33)26-20-19-24-23-15-8-10-18-28(23)34-30(24)32(26)35-31/h1-21,35H;1-20,34H. The first-order chi connectivity index (χ1) is 35.2. The Morgan fingerprint density at radius 2 is 0.775 bits per heavy atom. The summed E-state index contributed by atoms with van der Waals surface area (Å²) < 4.78 is 3.68. The average molecular weight is 1010 g/mol. The molecular weight excluding hydrogens is 965 g/mol. The Morgan fingerprint density at radius 1 is 0.352 bits per heavy atom. The lowest BCUT2D eigenvalue weighted by molar-refractivity contribution is 0.776. The van der Waals surface area contributed by atoms with Gasteiger partial charge in [-0.3, -0.25) is 0 Å². The van der Waals surface area contributed by atoms with E-state index in [4.69, 9.17) is 0 Å². The number of hydrogen-bond donors (Lipinski definition) is 2. The number of anilines is 2. The maximum Gasteiger partial charge on any atom is 0.0728 e. The molecule has 0 fully saturated rings. The highest BCUT2D eigenvalue weighted by Gasteiger charge is 2.50. The molecule has 2 aliphatic carbocycles. The Balaban J connectivity index is 0.000000133. The van der Waals surface area contributed by atoms with Crippen LogP contribution in [-0.2, 0) is 10.8 Å². The van der Waals surface area contributed by atoms with E-state index in [0.717, 1.165) is 15.8 Å². The molecule has 3 aromatic heterocycles. The molecule has 71 heavy (non-hydrogen) atoms. The number of H-pyrrole nitrogens is 1. The van der Waals surface area contributed by atoms with Gasteiger partial charge in [0.2, 0.25) is 0 Å². The van der Waals surface area contributed by atoms with Gasteiger partial charge in [0.25, 0.3) is 0 Å². The highest BCUT2D eigenvalue weighted by atomic mass is 79.9. The molecule has 10 aromatic carbocycles. The lowest BCUT2D eigenvalue weighted by Gasteiger charge is -2.33. The number of aromatic amines is 1. The van der Waals surface area contributed by atoms with Crippen LogP contribution < -0.4 is 5.32 Å². The number of thiophene rings is 2. The van der Waals surface area contributed by atoms with Crippen LogP contribution in [0.4, 0.5) is 11.4 Å². The average Bonchev–Trinajstić information content (AvgIpc) is 4.25. The summed E-state index contributed by atoms with van der Waals surface area (Å²) in [5, 5.41) is 8.93. The number of rotatable bonds is 6. The second-order valence-electron chi connectivity index (χ2n) is 18.5. The molecule has 15 rings (SSSR count). The fraction of sp³-hybridized carbons (Fsp3) is 0.0303. The number of nitrogens with one attached hydrogen (secondary N) is 2. The van der Waals surface area contributed by atoms with Crippen LogP contribution in [0.15, 0.2) is 253 Å². The van der Waals surface area contributed by atoms with Gasteiger partial charge in [0, 0.05) is 35.9 Å². The van der Waals surface area contributed by atoms with Gasteiger partial charge in [-0.2, -0.15) is 0 Å². The van der Waals surface area contributed by atoms with E-state index >= 15 is 0 Å². The van der Waals surface area contributed by atoms with E-state index in [2.05, 4.69) is 269 Å². The maximum absolute atomic E-state index is 3.75. The third-order valence-electron chi connectivity index (χ3n) is 14.9. The van der Waals surface area contributed by atoms with E-state index in [-0.39, 0.29) is 10.8 Å². The normalized spacial score (nSPS) is 13.6. The molecule has 0 bridgehead atoms. The van der Waals surface area contributed by atoms with Gasteiger partial charge in [-0.05, 0) is 101 Å². The minimum atomic E-state index is -0.376. The third-order valence-corrected chi connectivity index (χ3v) is 18.1. The van der Waals surface area contributed by atoms with Crippen molar-refractivity contribution in [3.05, 3.63) is 298 Å². The van der Waals surface area contributed by atoms with Crippen molar-refractivity contribution in [3.8, 4) is 20.9 Å². The van der Waals surface area contributed by atoms with Crippen molar-refractivity contribution in [3.63, 3.8) is 0 Å². The fourth-order valence-electron chi connectivity index (χ4n) is 12.1. The van der Waals surface area contributed by atoms with Crippen molar-refractivity contribution in [2.75, 3.05) is 5.32 Å². The summed E-state index contributed by atoms with van der Waals surface area (Å²) in [6, 6.07) is 90.3. The van der Waals surface area contributed by atoms with Gasteiger partial charge in [-0.15, -0.1) is 22.7 Å². The van der Waals surface area contributed by atoms with Crippen LogP contribution in [0.25, 0.3) is 62.9 Å². The Bertz CT molecular complexity index is 4070. The minimum Gasteiger partial charge on any atom is -0.353 e. The summed E-state index contributed by atoms with van der Waals surface area (Å²) in [4.78, 5) is 6.49. The maximum atomic E-state index is 3.75. The SMILES string of the molecule is Brc1ccccc1Nc1cccc2c3c(sc12)-c1ccccc1C3(c1ccccc1)c1ccccc1.c1ccc(C2(c3ccccc3)c3ccccc3-c3sc4c(ccc5c6ccccc6[nH]c54)c32)cc1. The fourth-order valence-corrected chi connectivity index (χ4v) is 15.2. The molecule has 0 spiro atoms. The molecule has 3 heterocycles. The second kappa shape index (κ2) is 16.7. The molecular formula is C66H43BrN2S2. The molecule has 336 valence electrons. The molecule has 2 N–H and O–H groups in total. The molecule has 0 atom stereocenters. The summed E-state index contributed by atoms with van der Waals surface area (Å²) in [6.07, 6.45) is 0. The van der Waals surface area contributed by atoms with Gasteiger partial charge in [-0.25, -0.2) is 0 Å². The zero-order valence-corrected chi connectivity index (χ0v) is 41.6. The zero-order chi connectivity index (χ0) is 47.1. The van der Waals surface area contributed by atoms with E-state index in [1.807, 2.05) is 28.7 Å². The monoisotopic (exact) mass is 1010 g/mol. The van der Waals surface area contributed by atoms with Crippen LogP contribution in [0, 0.1) is 0 Å². The lowest BCUT2D eigenvalue weighted by Crippen LogP contribution is -2.28. The van der Waals surface area contributed by atoms with Gasteiger partial charge < -0.3 is 10.3 Å². The summed E-state index contributed by atoms with van der Waals surface area (Å²) in [7, 11) is 0. The van der Waals surface area contributed by atoms with Crippen molar-refractivity contribution < 1.29 is 0 Å². The summed E-state index contributed by atoms with van der Waals surface area (Å²) in [6.45, 7) is 0. The lowest BCUT2D eigenvalue weighted by atomic mass is 9.67. The van der Waals surface area contributed by atoms with Crippen LogP contribution in [0.3, 0.4) is 0 Å². The van der Waals surface area contributed by atoms with Gasteiger partial charge in [0.1, 0.15) is 0 Å². The molecule has 0 amide bonds. The highest BCUT2D eigenvalue weighted by Crippen LogP contribution is 2.63. The molecule has 2 nitrogen and oxygen atoms in total. The summed E-state index contributed by atoms with van der Waals surface area (Å²) >= 11 is 7.53. The first-order valence-corrected chi connectivity index (χ1v) is 26.5. The minimum absolute atomic E-state index is 0.355. The van der Waals surface area contributed by atoms with E-state index < -0.39 is 0 Å². The van der Waals surface area contributed by atoms with Gasteiger partial charge in [-0.1, -0.05) is 224 Å². The van der Waals surface area contributed by atoms with Crippen molar-refractivity contribution in [1.29, 1.82) is 0 Å². The molecule has 13 aromatic rings. The van der Waals surface area contributed by atoms with Crippen molar-refractivity contribution >= 4 is 92.0 Å². The van der Waals surface area contributed by atoms with E-state index in [1.54, 1.807) is 0 Å². The predicted octanol–water partition coefficient (Wildman–Crippen LogP) is 18.7. The zero-order valence-electron chi connectivity index (χ0n) is 38.4. The highest BCUT2D eigenvalue weighted by molar-refractivity contribution is 9.10. The molecule has 5 heteroatoms. The van der Waals surface area contributed by atoms with Crippen molar-refractivity contribution in [1.82, 2.24) is 4.98 Å². The third kappa shape index (κ3) is 6.17. The topological polar surface area (TPSA) is 27.8 Å². The van der Waals surface area contributed by atoms with Crippen LogP contribution in [0.2, 0.25) is 0 Å². The number of hydrogen-bond acceptors (Lipinski definition) is 3. The van der Waals surface area contributed by atoms with Crippen molar-refractivity contribution in [2.24, 2.45) is 0 Å². The molecule has 0 radical (unpaired) electrons. The smallest absolute Gasteiger partial charge is 0.0728 e. The van der Waals surface area contributed by atoms with Gasteiger partial charge in [0.15, 0.2) is 0 Å². The molecule has 0 saturated carbocycles. The summed E-state index contributed by atoms with van der Waals surface area (Å²) in [5.41, 5.74) is 17.3. The van der Waals surface area contributed by atoms with E-state index in [0.29, 0.717) is 0 Å². The van der Waals surface area contributed by atoms with Gasteiger partial charge in [0.05, 0.1) is 37.1 Å². The Kier molecular flexibility index (Phi) is 9.89. The molecule has 0 aliphatic heterocycles. The number of fused-ring (bicyclic) bond motifs is 14. The van der Waals surface area contributed by atoms with Crippen molar-refractivity contribution in [2.45, 2.75) is 10.8 Å². The summed E-state index contributed by atoms with van der Waals surface area (Å²) in [5.74, 6) is 0. The second-order valence-corrected chi connectivity index (χ2v) is 21.4. The quantitative estimate of drug-likeness (QED) is 0.171. The Morgan fingerprint density at radius 3 is 1.34 bits per heavy atom. The number of aromatic nitrogens is 1. The van der Waals surface area contributed by atoms with Gasteiger partial charge >= 0.3 is 0 Å². The number of para-hydroxylation sites is 2. The largest absolute Gasteiger partial charge is 0.353 e. The first kappa shape index (κ1) is 42.1. The molecule has 2 aliphatic rings. The number of halogens is 1. The van der Waals surface area contributed by atoms with E-state index in [1.165, 1.54) is 107 Å². The molecule has 0 unspecified atom stereocenters. The van der Waals surface area contributed by atoms with Crippen LogP contribution >= 0.6 is 38.6 Å². The number of benzene rings is 10. The molecule has 0 saturated heterocycles. The van der Waals surface area contributed by atoms with Crippen LogP contribution in [-0.4, -0.2) is 4.98 Å². The van der Waals surface area contributed by atoms with E-state index in [9.17, 15) is 0 Å².